The number of nitrogens with zero attached hydrogens (tertiary/aromatic N) is 3. The molecular weight excluding hydrogens is 500 g/mol. The van der Waals surface area contributed by atoms with Crippen LogP contribution in [0.25, 0.3) is 0 Å². The molecular formula is C21H27FIN5O2. The molecule has 7 nitrogen and oxygen atoms in total. The van der Waals surface area contributed by atoms with Crippen molar-refractivity contribution >= 4 is 35.8 Å². The Morgan fingerprint density at radius 1 is 1.23 bits per heavy atom. The summed E-state index contributed by atoms with van der Waals surface area (Å²) in [7, 11) is 1.72. The molecule has 162 valence electrons. The molecule has 1 aromatic heterocycles. The molecule has 2 N–H and O–H groups in total. The summed E-state index contributed by atoms with van der Waals surface area (Å²) in [5, 5.41) is 6.66. The van der Waals surface area contributed by atoms with Gasteiger partial charge in [0.1, 0.15) is 17.3 Å². The van der Waals surface area contributed by atoms with Crippen LogP contribution in [-0.4, -0.2) is 47.9 Å². The Labute approximate surface area is 193 Å². The smallest absolute Gasteiger partial charge is 0.219 e. The van der Waals surface area contributed by atoms with Crippen molar-refractivity contribution in [2.75, 3.05) is 20.1 Å². The Hall–Kier alpha value is -2.43. The van der Waals surface area contributed by atoms with Crippen molar-refractivity contribution in [2.45, 2.75) is 32.4 Å². The zero-order chi connectivity index (χ0) is 20.6. The van der Waals surface area contributed by atoms with Crippen molar-refractivity contribution < 1.29 is 13.9 Å². The summed E-state index contributed by atoms with van der Waals surface area (Å²) in [4.78, 5) is 21.9. The van der Waals surface area contributed by atoms with Gasteiger partial charge in [-0.2, -0.15) is 0 Å². The largest absolute Gasteiger partial charge is 0.457 e. The molecule has 1 aliphatic rings. The first kappa shape index (κ1) is 23.8. The Bertz CT molecular complexity index is 855. The van der Waals surface area contributed by atoms with Crippen molar-refractivity contribution in [3.63, 3.8) is 0 Å². The van der Waals surface area contributed by atoms with Crippen LogP contribution in [0.1, 0.15) is 25.5 Å². The van der Waals surface area contributed by atoms with Gasteiger partial charge in [-0.15, -0.1) is 24.0 Å². The monoisotopic (exact) mass is 527 g/mol. The van der Waals surface area contributed by atoms with Crippen molar-refractivity contribution in [3.05, 3.63) is 54.1 Å². The highest BCUT2D eigenvalue weighted by Crippen LogP contribution is 2.21. The van der Waals surface area contributed by atoms with Gasteiger partial charge in [0.15, 0.2) is 5.96 Å². The number of halogens is 2. The van der Waals surface area contributed by atoms with Gasteiger partial charge in [0.2, 0.25) is 5.91 Å². The number of hydrogen-bond donors (Lipinski definition) is 2. The number of likely N-dealkylation sites (tertiary alicyclic amines) is 1. The summed E-state index contributed by atoms with van der Waals surface area (Å²) in [5.74, 6) is 1.70. The maximum Gasteiger partial charge on any atom is 0.219 e. The van der Waals surface area contributed by atoms with Crippen LogP contribution in [0.2, 0.25) is 0 Å². The minimum absolute atomic E-state index is 0. The number of aliphatic imine (C=N–C) groups is 1. The molecule has 30 heavy (non-hydrogen) atoms. The van der Waals surface area contributed by atoms with E-state index in [0.29, 0.717) is 24.0 Å². The van der Waals surface area contributed by atoms with Crippen LogP contribution in [0.3, 0.4) is 0 Å². The number of pyridine rings is 1. The SMILES string of the molecule is CN=C(NCc1cc(Oc2ccc(F)cc2)ccn1)NC1CCN(C(C)=O)CC1.I. The minimum Gasteiger partial charge on any atom is -0.457 e. The molecule has 0 spiro atoms. The molecule has 1 saturated heterocycles. The molecule has 1 fully saturated rings. The number of rotatable bonds is 5. The highest BCUT2D eigenvalue weighted by molar-refractivity contribution is 14.0. The lowest BCUT2D eigenvalue weighted by Crippen LogP contribution is -2.49. The van der Waals surface area contributed by atoms with Crippen LogP contribution in [0.5, 0.6) is 11.5 Å². The highest BCUT2D eigenvalue weighted by atomic mass is 127. The van der Waals surface area contributed by atoms with Gasteiger partial charge in [-0.1, -0.05) is 0 Å². The van der Waals surface area contributed by atoms with Crippen LogP contribution in [-0.2, 0) is 11.3 Å². The molecule has 2 aromatic rings. The third-order valence-corrected chi connectivity index (χ3v) is 4.78. The average molecular weight is 527 g/mol. The molecule has 0 unspecified atom stereocenters. The summed E-state index contributed by atoms with van der Waals surface area (Å²) < 4.78 is 18.8. The van der Waals surface area contributed by atoms with E-state index in [2.05, 4.69) is 20.6 Å². The topological polar surface area (TPSA) is 78.9 Å². The number of carbonyl (C=O) groups excluding carboxylic acids is 1. The van der Waals surface area contributed by atoms with Gasteiger partial charge >= 0.3 is 0 Å². The Morgan fingerprint density at radius 2 is 1.93 bits per heavy atom. The number of piperidine rings is 1. The third-order valence-electron chi connectivity index (χ3n) is 4.78. The van der Waals surface area contributed by atoms with E-state index in [9.17, 15) is 9.18 Å². The van der Waals surface area contributed by atoms with Crippen LogP contribution in [0.15, 0.2) is 47.6 Å². The van der Waals surface area contributed by atoms with Crippen molar-refractivity contribution in [3.8, 4) is 11.5 Å². The molecule has 1 aliphatic heterocycles. The van der Waals surface area contributed by atoms with Crippen molar-refractivity contribution in [1.29, 1.82) is 0 Å². The maximum absolute atomic E-state index is 13.0. The quantitative estimate of drug-likeness (QED) is 0.355. The summed E-state index contributed by atoms with van der Waals surface area (Å²) in [6.45, 7) is 3.60. The van der Waals surface area contributed by atoms with E-state index in [0.717, 1.165) is 31.6 Å². The van der Waals surface area contributed by atoms with E-state index < -0.39 is 0 Å². The third kappa shape index (κ3) is 7.12. The zero-order valence-electron chi connectivity index (χ0n) is 17.1. The Morgan fingerprint density at radius 3 is 2.57 bits per heavy atom. The minimum atomic E-state index is -0.303. The van der Waals surface area contributed by atoms with Crippen molar-refractivity contribution in [2.24, 2.45) is 4.99 Å². The van der Waals surface area contributed by atoms with Gasteiger partial charge in [0.05, 0.1) is 12.2 Å². The standard InChI is InChI=1S/C21H26FN5O2.HI/c1-15(28)27-11-8-17(9-12-27)26-21(23-2)25-14-18-13-20(7-10-24-18)29-19-5-3-16(22)4-6-19;/h3-7,10,13,17H,8-9,11-12,14H2,1-2H3,(H2,23,25,26);1H. The van der Waals surface area contributed by atoms with E-state index in [4.69, 9.17) is 4.74 Å². The fourth-order valence-electron chi connectivity index (χ4n) is 3.16. The van der Waals surface area contributed by atoms with Gasteiger partial charge < -0.3 is 20.3 Å². The van der Waals surface area contributed by atoms with E-state index in [1.165, 1.54) is 12.1 Å². The van der Waals surface area contributed by atoms with E-state index in [1.807, 2.05) is 11.0 Å². The number of carbonyl (C=O) groups is 1. The summed E-state index contributed by atoms with van der Waals surface area (Å²) >= 11 is 0. The first-order valence-corrected chi connectivity index (χ1v) is 9.64. The number of hydrogen-bond acceptors (Lipinski definition) is 4. The Balaban J connectivity index is 0.00000320. The van der Waals surface area contributed by atoms with Gasteiger partial charge in [0.25, 0.3) is 0 Å². The number of benzene rings is 1. The second-order valence-corrected chi connectivity index (χ2v) is 6.89. The van der Waals surface area contributed by atoms with Gasteiger partial charge in [-0.05, 0) is 43.2 Å². The number of guanidine groups is 1. The van der Waals surface area contributed by atoms with E-state index >= 15 is 0 Å². The first-order chi connectivity index (χ1) is 14.0. The molecule has 0 bridgehead atoms. The summed E-state index contributed by atoms with van der Waals surface area (Å²) in [6.07, 6.45) is 3.45. The summed E-state index contributed by atoms with van der Waals surface area (Å²) in [6, 6.07) is 9.73. The number of amides is 1. The maximum atomic E-state index is 13.0. The van der Waals surface area contributed by atoms with E-state index in [1.54, 1.807) is 38.4 Å². The van der Waals surface area contributed by atoms with Crippen LogP contribution < -0.4 is 15.4 Å². The fourth-order valence-corrected chi connectivity index (χ4v) is 3.16. The van der Waals surface area contributed by atoms with Gasteiger partial charge in [-0.25, -0.2) is 4.39 Å². The predicted molar refractivity (Wildman–Crippen MR) is 125 cm³/mol. The lowest BCUT2D eigenvalue weighted by atomic mass is 10.1. The fraction of sp³-hybridized carbons (Fsp3) is 0.381. The normalized spacial score (nSPS) is 14.6. The average Bonchev–Trinajstić information content (AvgIpc) is 2.73. The molecule has 3 rings (SSSR count). The van der Waals surface area contributed by atoms with Crippen LogP contribution >= 0.6 is 24.0 Å². The molecule has 0 atom stereocenters. The molecule has 0 radical (unpaired) electrons. The molecule has 0 saturated carbocycles. The lowest BCUT2D eigenvalue weighted by Gasteiger charge is -2.32. The van der Waals surface area contributed by atoms with Crippen LogP contribution in [0.4, 0.5) is 4.39 Å². The molecule has 9 heteroatoms. The number of aromatic nitrogens is 1. The zero-order valence-corrected chi connectivity index (χ0v) is 19.4. The molecule has 1 amide bonds. The second-order valence-electron chi connectivity index (χ2n) is 6.89. The molecule has 0 aliphatic carbocycles. The number of ether oxygens (including phenoxy) is 1. The lowest BCUT2D eigenvalue weighted by molar-refractivity contribution is -0.129. The number of nitrogens with one attached hydrogen (secondary N) is 2. The highest BCUT2D eigenvalue weighted by Gasteiger charge is 2.21. The Kier molecular flexibility index (Phi) is 9.28. The van der Waals surface area contributed by atoms with Gasteiger partial charge in [-0.3, -0.25) is 14.8 Å². The molecule has 2 heterocycles. The first-order valence-electron chi connectivity index (χ1n) is 9.64. The van der Waals surface area contributed by atoms with E-state index in [-0.39, 0.29) is 41.7 Å². The second kappa shape index (κ2) is 11.7. The summed E-state index contributed by atoms with van der Waals surface area (Å²) in [5.41, 5.74) is 0.791. The van der Waals surface area contributed by atoms with Crippen molar-refractivity contribution in [1.82, 2.24) is 20.5 Å². The van der Waals surface area contributed by atoms with Crippen LogP contribution in [0, 0.1) is 5.82 Å². The predicted octanol–water partition coefficient (Wildman–Crippen LogP) is 3.31. The van der Waals surface area contributed by atoms with Gasteiger partial charge in [0, 0.05) is 45.4 Å². The molecule has 1 aromatic carbocycles.